The maximum absolute atomic E-state index is 5.71. The summed E-state index contributed by atoms with van der Waals surface area (Å²) in [5, 5.41) is 0. The average Bonchev–Trinajstić information content (AvgIpc) is 1.99. The van der Waals surface area contributed by atoms with E-state index in [1.165, 1.54) is 21.6 Å². The van der Waals surface area contributed by atoms with Crippen LogP contribution in [0.4, 0.5) is 0 Å². The number of hydrogen-bond acceptors (Lipinski definition) is 5. The van der Waals surface area contributed by atoms with Crippen molar-refractivity contribution in [1.29, 1.82) is 0 Å². The Kier molecular flexibility index (Phi) is 4.94. The van der Waals surface area contributed by atoms with Crippen LogP contribution < -0.4 is 0 Å². The molecule has 0 saturated carbocycles. The second kappa shape index (κ2) is 4.85. The Morgan fingerprint density at radius 1 is 0.778 bits per heavy atom. The lowest BCUT2D eigenvalue weighted by Crippen LogP contribution is -1.56. The third kappa shape index (κ3) is 3.31. The molecule has 1 rings (SSSR count). The zero-order valence-corrected chi connectivity index (χ0v) is 9.39. The highest BCUT2D eigenvalue weighted by atomic mass is 35.5. The molecule has 0 atom stereocenters. The zero-order chi connectivity index (χ0) is 6.69. The molecule has 1 aliphatic rings. The second-order valence-electron chi connectivity index (χ2n) is 0.918. The summed E-state index contributed by atoms with van der Waals surface area (Å²) >= 11 is 11.4. The van der Waals surface area contributed by atoms with Crippen LogP contribution in [0.3, 0.4) is 0 Å². The molecule has 0 nitrogen and oxygen atoms in total. The molecule has 0 aliphatic carbocycles. The molecule has 0 fully saturated rings. The first-order valence-corrected chi connectivity index (χ1v) is 8.61. The summed E-state index contributed by atoms with van der Waals surface area (Å²) in [5.74, 6) is 0. The number of rotatable bonds is 0. The van der Waals surface area contributed by atoms with Crippen molar-refractivity contribution in [3.63, 3.8) is 0 Å². The fourth-order valence-corrected chi connectivity index (χ4v) is 9.78. The summed E-state index contributed by atoms with van der Waals surface area (Å²) in [6, 6.07) is 0. The van der Waals surface area contributed by atoms with Gasteiger partial charge in [-0.15, -0.1) is 0 Å². The molecule has 1 aliphatic heterocycles. The van der Waals surface area contributed by atoms with Crippen LogP contribution in [0, 0.1) is 0 Å². The highest BCUT2D eigenvalue weighted by molar-refractivity contribution is 9.36. The lowest BCUT2D eigenvalue weighted by atomic mass is 11.2. The maximum Gasteiger partial charge on any atom is 0.111 e. The molecule has 0 aromatic carbocycles. The van der Waals surface area contributed by atoms with Crippen LogP contribution >= 0.6 is 74.3 Å². The second-order valence-corrected chi connectivity index (χ2v) is 9.58. The summed E-state index contributed by atoms with van der Waals surface area (Å²) in [4.78, 5) is 0. The summed E-state index contributed by atoms with van der Waals surface area (Å²) < 4.78 is 1.37. The van der Waals surface area contributed by atoms with Crippen LogP contribution in [0.15, 0.2) is 8.73 Å². The Hall–Kier alpha value is 2.07. The summed E-state index contributed by atoms with van der Waals surface area (Å²) in [7, 11) is 7.93. The molecule has 0 saturated heterocycles. The van der Waals surface area contributed by atoms with E-state index in [-0.39, 0.29) is 0 Å². The van der Waals surface area contributed by atoms with Crippen molar-refractivity contribution in [2.24, 2.45) is 0 Å². The molecule has 9 heavy (non-hydrogen) atoms. The standard InChI is InChI=1S/C2Cl2S5/c3-1-2(4)6-8-9-7-5-1. The quantitative estimate of drug-likeness (QED) is 0.561. The van der Waals surface area contributed by atoms with E-state index < -0.39 is 0 Å². The van der Waals surface area contributed by atoms with E-state index in [0.717, 1.165) is 0 Å². The fourth-order valence-electron chi connectivity index (χ4n) is 0.164. The van der Waals surface area contributed by atoms with Crippen LogP contribution in [-0.2, 0) is 0 Å². The van der Waals surface area contributed by atoms with Crippen molar-refractivity contribution < 1.29 is 0 Å². The van der Waals surface area contributed by atoms with Gasteiger partial charge in [0, 0.05) is 0 Å². The van der Waals surface area contributed by atoms with Gasteiger partial charge in [-0.25, -0.2) is 0 Å². The van der Waals surface area contributed by atoms with E-state index in [0.29, 0.717) is 8.73 Å². The monoisotopic (exact) mass is 254 g/mol. The van der Waals surface area contributed by atoms with Crippen molar-refractivity contribution >= 4 is 74.3 Å². The summed E-state index contributed by atoms with van der Waals surface area (Å²) in [5.41, 5.74) is 0. The third-order valence-corrected chi connectivity index (χ3v) is 10.2. The van der Waals surface area contributed by atoms with Crippen molar-refractivity contribution in [2.75, 3.05) is 0 Å². The topological polar surface area (TPSA) is 0 Å². The first-order chi connectivity index (χ1) is 4.30. The Morgan fingerprint density at radius 2 is 1.22 bits per heavy atom. The first kappa shape index (κ1) is 9.16. The van der Waals surface area contributed by atoms with Crippen molar-refractivity contribution in [2.45, 2.75) is 0 Å². The molecule has 0 amide bonds. The minimum Gasteiger partial charge on any atom is -0.0735 e. The van der Waals surface area contributed by atoms with Crippen LogP contribution in [-0.4, -0.2) is 0 Å². The minimum atomic E-state index is 0.684. The fraction of sp³-hybridized carbons (Fsp3) is 0. The predicted octanol–water partition coefficient (Wildman–Crippen LogP) is 4.93. The smallest absolute Gasteiger partial charge is 0.0735 e. The van der Waals surface area contributed by atoms with Gasteiger partial charge in [0.25, 0.3) is 0 Å². The van der Waals surface area contributed by atoms with E-state index in [1.54, 1.807) is 29.5 Å². The van der Waals surface area contributed by atoms with Crippen LogP contribution in [0.2, 0.25) is 0 Å². The largest absolute Gasteiger partial charge is 0.111 e. The lowest BCUT2D eigenvalue weighted by Gasteiger charge is -1.89. The van der Waals surface area contributed by atoms with E-state index in [4.69, 9.17) is 23.2 Å². The van der Waals surface area contributed by atoms with Crippen molar-refractivity contribution in [3.05, 3.63) is 8.73 Å². The number of halogens is 2. The predicted molar refractivity (Wildman–Crippen MR) is 56.7 cm³/mol. The molecule has 0 radical (unpaired) electrons. The van der Waals surface area contributed by atoms with E-state index >= 15 is 0 Å². The van der Waals surface area contributed by atoms with Crippen molar-refractivity contribution in [3.8, 4) is 0 Å². The lowest BCUT2D eigenvalue weighted by molar-refractivity contribution is 2.33. The van der Waals surface area contributed by atoms with Crippen molar-refractivity contribution in [1.82, 2.24) is 0 Å². The van der Waals surface area contributed by atoms with Crippen LogP contribution in [0.25, 0.3) is 0 Å². The number of hydrogen-bond donors (Lipinski definition) is 0. The highest BCUT2D eigenvalue weighted by Crippen LogP contribution is 2.59. The molecule has 7 heteroatoms. The summed E-state index contributed by atoms with van der Waals surface area (Å²) in [6.07, 6.45) is 0. The van der Waals surface area contributed by atoms with Gasteiger partial charge in [0.2, 0.25) is 0 Å². The Morgan fingerprint density at radius 3 is 1.67 bits per heavy atom. The van der Waals surface area contributed by atoms with Gasteiger partial charge >= 0.3 is 0 Å². The normalized spacial score (nSPS) is 22.0. The molecule has 0 bridgehead atoms. The van der Waals surface area contributed by atoms with Gasteiger partial charge in [0.05, 0.1) is 0 Å². The van der Waals surface area contributed by atoms with Gasteiger partial charge in [-0.2, -0.15) is 0 Å². The minimum absolute atomic E-state index is 0.684. The first-order valence-electron chi connectivity index (χ1n) is 1.70. The average molecular weight is 255 g/mol. The molecule has 52 valence electrons. The Balaban J connectivity index is 2.55. The molecular formula is C2Cl2S5. The molecule has 0 unspecified atom stereocenters. The van der Waals surface area contributed by atoms with Gasteiger partial charge in [0.15, 0.2) is 0 Å². The maximum atomic E-state index is 5.71. The van der Waals surface area contributed by atoms with E-state index in [2.05, 4.69) is 0 Å². The molecule has 1 heterocycles. The van der Waals surface area contributed by atoms with Gasteiger partial charge in [0.1, 0.15) is 8.73 Å². The van der Waals surface area contributed by atoms with Gasteiger partial charge in [-0.1, -0.05) is 23.2 Å². The van der Waals surface area contributed by atoms with Gasteiger partial charge in [-0.05, 0) is 51.1 Å². The van der Waals surface area contributed by atoms with Crippen LogP contribution in [0.5, 0.6) is 0 Å². The molecule has 0 spiro atoms. The van der Waals surface area contributed by atoms with Gasteiger partial charge < -0.3 is 0 Å². The highest BCUT2D eigenvalue weighted by Gasteiger charge is 2.09. The van der Waals surface area contributed by atoms with E-state index in [9.17, 15) is 0 Å². The van der Waals surface area contributed by atoms with E-state index in [1.807, 2.05) is 0 Å². The molecule has 0 aromatic heterocycles. The summed E-state index contributed by atoms with van der Waals surface area (Å²) in [6.45, 7) is 0. The molecule has 0 N–H and O–H groups in total. The SMILES string of the molecule is ClC1=C(Cl)SSSSS1. The zero-order valence-electron chi connectivity index (χ0n) is 3.80. The molecule has 0 aromatic rings. The third-order valence-electron chi connectivity index (χ3n) is 0.424. The Labute approximate surface area is 82.2 Å². The molecular weight excluding hydrogens is 255 g/mol. The Bertz CT molecular complexity index is 119. The van der Waals surface area contributed by atoms with Crippen LogP contribution in [0.1, 0.15) is 0 Å². The van der Waals surface area contributed by atoms with Gasteiger partial charge in [-0.3, -0.25) is 0 Å².